The Hall–Kier alpha value is -3.17. The first-order valence-electron chi connectivity index (χ1n) is 7.77. The number of H-pyrrole nitrogens is 1. The van der Waals surface area contributed by atoms with E-state index in [1.807, 2.05) is 0 Å². The highest BCUT2D eigenvalue weighted by Crippen LogP contribution is 2.40. The first kappa shape index (κ1) is 16.3. The van der Waals surface area contributed by atoms with E-state index in [9.17, 15) is 13.2 Å². The van der Waals surface area contributed by atoms with Gasteiger partial charge >= 0.3 is 6.18 Å². The van der Waals surface area contributed by atoms with Gasteiger partial charge in [-0.15, -0.1) is 0 Å². The summed E-state index contributed by atoms with van der Waals surface area (Å²) in [6.07, 6.45) is -3.63. The van der Waals surface area contributed by atoms with E-state index in [0.29, 0.717) is 30.4 Å². The molecule has 3 heterocycles. The van der Waals surface area contributed by atoms with Crippen LogP contribution < -0.4 is 20.1 Å². The second-order valence-electron chi connectivity index (χ2n) is 5.52. The topological polar surface area (TPSA) is 84.1 Å². The van der Waals surface area contributed by atoms with Crippen LogP contribution in [0.1, 0.15) is 5.56 Å². The molecule has 26 heavy (non-hydrogen) atoms. The molecule has 0 saturated carbocycles. The molecule has 0 spiro atoms. The average Bonchev–Trinajstić information content (AvgIpc) is 3.06. The summed E-state index contributed by atoms with van der Waals surface area (Å²) in [6.45, 7) is 0.852. The molecule has 0 amide bonds. The molecule has 136 valence electrons. The molecule has 7 nitrogen and oxygen atoms in total. The van der Waals surface area contributed by atoms with Crippen molar-refractivity contribution >= 4 is 28.5 Å². The fourth-order valence-corrected chi connectivity index (χ4v) is 2.79. The van der Waals surface area contributed by atoms with Gasteiger partial charge in [-0.05, 0) is 12.1 Å². The third-order valence-corrected chi connectivity index (χ3v) is 3.89. The number of nitrogens with zero attached hydrogens (tertiary/aromatic N) is 2. The summed E-state index contributed by atoms with van der Waals surface area (Å²) in [4.78, 5) is 10.9. The highest BCUT2D eigenvalue weighted by atomic mass is 19.4. The van der Waals surface area contributed by atoms with Crippen molar-refractivity contribution in [2.24, 2.45) is 0 Å². The molecular formula is C16H14F3N5O2. The molecular weight excluding hydrogens is 351 g/mol. The van der Waals surface area contributed by atoms with E-state index in [1.165, 1.54) is 7.05 Å². The van der Waals surface area contributed by atoms with E-state index in [-0.39, 0.29) is 22.8 Å². The number of nitrogens with one attached hydrogen (secondary N) is 3. The number of fused-ring (bicyclic) bond motifs is 2. The lowest BCUT2D eigenvalue weighted by molar-refractivity contribution is -0.136. The summed E-state index contributed by atoms with van der Waals surface area (Å²) in [6, 6.07) is 5.28. The van der Waals surface area contributed by atoms with Crippen LogP contribution in [-0.4, -0.2) is 35.2 Å². The number of anilines is 3. The summed E-state index contributed by atoms with van der Waals surface area (Å²) in [5.74, 6) is 1.28. The minimum Gasteiger partial charge on any atom is -0.486 e. The number of alkyl halides is 3. The summed E-state index contributed by atoms with van der Waals surface area (Å²) < 4.78 is 50.6. The molecule has 0 unspecified atom stereocenters. The smallest absolute Gasteiger partial charge is 0.418 e. The second kappa shape index (κ2) is 5.97. The van der Waals surface area contributed by atoms with Gasteiger partial charge < -0.3 is 25.1 Å². The number of hydrogen-bond donors (Lipinski definition) is 3. The summed E-state index contributed by atoms with van der Waals surface area (Å²) >= 11 is 0. The monoisotopic (exact) mass is 365 g/mol. The second-order valence-corrected chi connectivity index (χ2v) is 5.52. The van der Waals surface area contributed by atoms with Gasteiger partial charge in [0.15, 0.2) is 11.5 Å². The Labute approximate surface area is 145 Å². The standard InChI is InChI=1S/C16H14F3N5O2/c1-20-13-11-8(16(17,18)19)7-21-14(11)24-15(23-13)22-9-3-2-4-10-12(9)26-6-5-25-10/h2-4,7H,5-6H2,1H3,(H3,20,21,22,23,24). The first-order chi connectivity index (χ1) is 12.5. The molecule has 0 bridgehead atoms. The maximum absolute atomic E-state index is 13.2. The Balaban J connectivity index is 1.77. The van der Waals surface area contributed by atoms with Gasteiger partial charge in [-0.1, -0.05) is 6.07 Å². The average molecular weight is 365 g/mol. The fourth-order valence-electron chi connectivity index (χ4n) is 2.79. The molecule has 0 radical (unpaired) electrons. The lowest BCUT2D eigenvalue weighted by atomic mass is 10.2. The quantitative estimate of drug-likeness (QED) is 0.659. The van der Waals surface area contributed by atoms with Crippen LogP contribution in [0.3, 0.4) is 0 Å². The Morgan fingerprint density at radius 2 is 1.96 bits per heavy atom. The molecule has 2 aromatic heterocycles. The third kappa shape index (κ3) is 2.72. The highest BCUT2D eigenvalue weighted by Gasteiger charge is 2.35. The van der Waals surface area contributed by atoms with Crippen LogP contribution in [0, 0.1) is 0 Å². The maximum atomic E-state index is 13.2. The molecule has 3 N–H and O–H groups in total. The number of ether oxygens (including phenoxy) is 2. The van der Waals surface area contributed by atoms with E-state index < -0.39 is 11.7 Å². The van der Waals surface area contributed by atoms with Crippen LogP contribution in [0.5, 0.6) is 11.5 Å². The number of aromatic amines is 1. The number of benzene rings is 1. The molecule has 1 aromatic carbocycles. The number of rotatable bonds is 3. The number of aromatic nitrogens is 3. The molecule has 0 aliphatic carbocycles. The van der Waals surface area contributed by atoms with Gasteiger partial charge in [-0.2, -0.15) is 23.1 Å². The van der Waals surface area contributed by atoms with Gasteiger partial charge in [0.1, 0.15) is 24.7 Å². The van der Waals surface area contributed by atoms with Crippen LogP contribution in [0.15, 0.2) is 24.4 Å². The van der Waals surface area contributed by atoms with Crippen LogP contribution in [-0.2, 0) is 6.18 Å². The number of halogens is 3. The van der Waals surface area contributed by atoms with E-state index in [4.69, 9.17) is 9.47 Å². The maximum Gasteiger partial charge on any atom is 0.418 e. The van der Waals surface area contributed by atoms with Gasteiger partial charge in [-0.25, -0.2) is 0 Å². The van der Waals surface area contributed by atoms with Crippen molar-refractivity contribution in [3.05, 3.63) is 30.0 Å². The lowest BCUT2D eigenvalue weighted by Gasteiger charge is -2.21. The van der Waals surface area contributed by atoms with Crippen molar-refractivity contribution in [1.82, 2.24) is 15.0 Å². The zero-order valence-corrected chi connectivity index (χ0v) is 13.6. The van der Waals surface area contributed by atoms with E-state index >= 15 is 0 Å². The van der Waals surface area contributed by atoms with Crippen molar-refractivity contribution in [2.75, 3.05) is 30.9 Å². The molecule has 4 rings (SSSR count). The molecule has 1 aliphatic rings. The molecule has 0 saturated heterocycles. The minimum absolute atomic E-state index is 0.0630. The van der Waals surface area contributed by atoms with Crippen LogP contribution in [0.4, 0.5) is 30.6 Å². The van der Waals surface area contributed by atoms with Crippen LogP contribution in [0.25, 0.3) is 11.0 Å². The minimum atomic E-state index is -4.51. The van der Waals surface area contributed by atoms with Gasteiger partial charge in [0.25, 0.3) is 0 Å². The normalized spacial score (nSPS) is 13.7. The molecule has 0 fully saturated rings. The number of para-hydroxylation sites is 1. The van der Waals surface area contributed by atoms with E-state index in [0.717, 1.165) is 6.20 Å². The zero-order valence-electron chi connectivity index (χ0n) is 13.6. The first-order valence-corrected chi connectivity index (χ1v) is 7.77. The fraction of sp³-hybridized carbons (Fsp3) is 0.250. The van der Waals surface area contributed by atoms with Gasteiger partial charge in [0.05, 0.1) is 16.6 Å². The Morgan fingerprint density at radius 3 is 2.73 bits per heavy atom. The molecule has 10 heteroatoms. The zero-order chi connectivity index (χ0) is 18.3. The molecule has 3 aromatic rings. The Bertz CT molecular complexity index is 970. The molecule has 0 atom stereocenters. The molecule has 1 aliphatic heterocycles. The predicted molar refractivity (Wildman–Crippen MR) is 89.2 cm³/mol. The Morgan fingerprint density at radius 1 is 1.15 bits per heavy atom. The van der Waals surface area contributed by atoms with Crippen molar-refractivity contribution in [3.63, 3.8) is 0 Å². The lowest BCUT2D eigenvalue weighted by Crippen LogP contribution is -2.16. The van der Waals surface area contributed by atoms with Crippen LogP contribution in [0.2, 0.25) is 0 Å². The van der Waals surface area contributed by atoms with E-state index in [1.54, 1.807) is 18.2 Å². The predicted octanol–water partition coefficient (Wildman–Crippen LogP) is 3.53. The van der Waals surface area contributed by atoms with Crippen molar-refractivity contribution in [2.45, 2.75) is 6.18 Å². The summed E-state index contributed by atoms with van der Waals surface area (Å²) in [5.41, 5.74) is -0.190. The third-order valence-electron chi connectivity index (χ3n) is 3.89. The highest BCUT2D eigenvalue weighted by molar-refractivity contribution is 5.92. The van der Waals surface area contributed by atoms with Gasteiger partial charge in [0, 0.05) is 13.2 Å². The van der Waals surface area contributed by atoms with Crippen molar-refractivity contribution in [3.8, 4) is 11.5 Å². The van der Waals surface area contributed by atoms with Crippen molar-refractivity contribution < 1.29 is 22.6 Å². The van der Waals surface area contributed by atoms with E-state index in [2.05, 4.69) is 25.6 Å². The number of hydrogen-bond acceptors (Lipinski definition) is 6. The summed E-state index contributed by atoms with van der Waals surface area (Å²) in [5, 5.41) is 5.56. The SMILES string of the molecule is CNc1nc(Nc2cccc3c2OCCO3)nc2[nH]cc(C(F)(F)F)c12. The van der Waals surface area contributed by atoms with Gasteiger partial charge in [0.2, 0.25) is 5.95 Å². The van der Waals surface area contributed by atoms with Gasteiger partial charge in [-0.3, -0.25) is 0 Å². The van der Waals surface area contributed by atoms with Crippen molar-refractivity contribution in [1.29, 1.82) is 0 Å². The largest absolute Gasteiger partial charge is 0.486 e. The Kier molecular flexibility index (Phi) is 3.74. The van der Waals surface area contributed by atoms with Crippen LogP contribution >= 0.6 is 0 Å². The summed E-state index contributed by atoms with van der Waals surface area (Å²) in [7, 11) is 1.50.